The molecule has 0 bridgehead atoms. The van der Waals surface area contributed by atoms with Gasteiger partial charge in [-0.1, -0.05) is 26.2 Å². The van der Waals surface area contributed by atoms with Gasteiger partial charge in [-0.15, -0.1) is 23.2 Å². The third-order valence-electron chi connectivity index (χ3n) is 2.62. The summed E-state index contributed by atoms with van der Waals surface area (Å²) >= 11 is 14.0. The molecule has 0 N–H and O–H groups in total. The Morgan fingerprint density at radius 2 is 1.20 bits per heavy atom. The van der Waals surface area contributed by atoms with Crippen molar-refractivity contribution < 1.29 is 0 Å². The molecule has 0 saturated carbocycles. The van der Waals surface area contributed by atoms with Gasteiger partial charge >= 0.3 is 0 Å². The van der Waals surface area contributed by atoms with E-state index in [1.165, 1.54) is 12.8 Å². The van der Waals surface area contributed by atoms with Crippen molar-refractivity contribution in [3.63, 3.8) is 0 Å². The minimum Gasteiger partial charge on any atom is -0.162 e. The van der Waals surface area contributed by atoms with Crippen molar-refractivity contribution in [2.45, 2.75) is 48.8 Å². The lowest BCUT2D eigenvalue weighted by Gasteiger charge is -2.26. The van der Waals surface area contributed by atoms with Crippen molar-refractivity contribution in [3.8, 4) is 0 Å². The fourth-order valence-electron chi connectivity index (χ4n) is 1.56. The van der Waals surface area contributed by atoms with E-state index in [0.29, 0.717) is 0 Å². The third kappa shape index (κ3) is 7.32. The van der Waals surface area contributed by atoms with Crippen LogP contribution in [0.1, 0.15) is 12.8 Å². The van der Waals surface area contributed by atoms with Crippen molar-refractivity contribution >= 4 is 52.6 Å². The highest BCUT2D eigenvalue weighted by Crippen LogP contribution is 2.27. The molecule has 0 amide bonds. The Bertz CT molecular complexity index is 140. The highest BCUT2D eigenvalue weighted by Gasteiger charge is 2.22. The van der Waals surface area contributed by atoms with Crippen LogP contribution in [0, 0.1) is 0 Å². The molecule has 2 unspecified atom stereocenters. The van der Waals surface area contributed by atoms with Crippen molar-refractivity contribution in [1.82, 2.24) is 0 Å². The topological polar surface area (TPSA) is 0 Å². The van der Waals surface area contributed by atoms with Gasteiger partial charge in [-0.3, -0.25) is 0 Å². The van der Waals surface area contributed by atoms with Crippen molar-refractivity contribution in [2.75, 3.05) is 11.8 Å². The smallest absolute Gasteiger partial charge is 0.0458 e. The van der Waals surface area contributed by atoms with Gasteiger partial charge in [-0.25, -0.2) is 0 Å². The van der Waals surface area contributed by atoms with Gasteiger partial charge in [0.1, 0.15) is 0 Å². The molecule has 0 saturated heterocycles. The molecule has 15 heavy (non-hydrogen) atoms. The number of rotatable bonds is 8. The van der Waals surface area contributed by atoms with Crippen molar-refractivity contribution in [2.24, 2.45) is 0 Å². The van der Waals surface area contributed by atoms with Crippen LogP contribution in [0.25, 0.3) is 0 Å². The van der Waals surface area contributed by atoms with E-state index in [-0.39, 0.29) is 0 Å². The number of thioether (sulfide) groups is 1. The summed E-state index contributed by atoms with van der Waals surface area (Å²) in [4.78, 5) is 1.70. The molecule has 5 heteroatoms. The first-order chi connectivity index (χ1) is 7.02. The zero-order valence-corrected chi connectivity index (χ0v) is 14.9. The summed E-state index contributed by atoms with van der Waals surface area (Å²) in [6, 6.07) is 0. The van der Waals surface area contributed by atoms with Crippen LogP contribution in [0.3, 0.4) is 0 Å². The first-order valence-corrected chi connectivity index (χ1v) is 13.8. The monoisotopic (exact) mass is 302 g/mol. The predicted octanol–water partition coefficient (Wildman–Crippen LogP) is 3.77. The highest BCUT2D eigenvalue weighted by atomic mass is 35.5. The molecule has 0 aliphatic heterocycles. The van der Waals surface area contributed by atoms with Crippen LogP contribution in [0.5, 0.6) is 0 Å². The summed E-state index contributed by atoms with van der Waals surface area (Å²) in [5, 5.41) is 0. The van der Waals surface area contributed by atoms with E-state index in [4.69, 9.17) is 23.2 Å². The Labute approximate surface area is 113 Å². The zero-order chi connectivity index (χ0) is 11.8. The van der Waals surface area contributed by atoms with E-state index in [9.17, 15) is 0 Å². The maximum absolute atomic E-state index is 5.87. The Kier molecular flexibility index (Phi) is 10.3. The molecule has 0 spiro atoms. The summed E-state index contributed by atoms with van der Waals surface area (Å²) in [6.07, 6.45) is 2.38. The maximum Gasteiger partial charge on any atom is 0.0458 e. The number of halogens is 2. The van der Waals surface area contributed by atoms with Crippen LogP contribution in [-0.2, 0) is 0 Å². The maximum atomic E-state index is 5.87. The van der Waals surface area contributed by atoms with Gasteiger partial charge in [0.25, 0.3) is 0 Å². The van der Waals surface area contributed by atoms with Gasteiger partial charge in [-0.05, 0) is 22.6 Å². The largest absolute Gasteiger partial charge is 0.162 e. The fraction of sp³-hybridized carbons (Fsp3) is 1.00. The van der Waals surface area contributed by atoms with Gasteiger partial charge in [-0.2, -0.15) is 11.8 Å². The SMILES string of the molecule is C[SiH](C)C(CCCl)SC(CCCl)[SiH](C)C. The van der Waals surface area contributed by atoms with Gasteiger partial charge in [0.15, 0.2) is 0 Å². The lowest BCUT2D eigenvalue weighted by Crippen LogP contribution is -2.30. The van der Waals surface area contributed by atoms with Crippen LogP contribution in [0.15, 0.2) is 0 Å². The molecule has 0 fully saturated rings. The van der Waals surface area contributed by atoms with E-state index >= 15 is 0 Å². The molecule has 0 heterocycles. The molecule has 0 aromatic rings. The Morgan fingerprint density at radius 1 is 0.867 bits per heavy atom. The molecule has 0 aromatic heterocycles. The Balaban J connectivity index is 4.19. The average molecular weight is 303 g/mol. The summed E-state index contributed by atoms with van der Waals surface area (Å²) in [7, 11) is -1.14. The molecule has 0 radical (unpaired) electrons. The first kappa shape index (κ1) is 16.4. The number of hydrogen-bond acceptors (Lipinski definition) is 1. The van der Waals surface area contributed by atoms with Crippen LogP contribution in [0.2, 0.25) is 26.2 Å². The number of alkyl halides is 2. The predicted molar refractivity (Wildman–Crippen MR) is 83.6 cm³/mol. The molecular weight excluding hydrogens is 279 g/mol. The van der Waals surface area contributed by atoms with Crippen molar-refractivity contribution in [1.29, 1.82) is 0 Å². The van der Waals surface area contributed by atoms with E-state index < -0.39 is 17.6 Å². The molecule has 0 nitrogen and oxygen atoms in total. The quantitative estimate of drug-likeness (QED) is 0.486. The third-order valence-corrected chi connectivity index (χ3v) is 12.1. The second-order valence-electron chi connectivity index (χ2n) is 4.66. The van der Waals surface area contributed by atoms with Crippen LogP contribution < -0.4 is 0 Å². The normalized spacial score (nSPS) is 16.0. The van der Waals surface area contributed by atoms with Crippen LogP contribution in [-0.4, -0.2) is 39.1 Å². The van der Waals surface area contributed by atoms with Crippen molar-refractivity contribution in [3.05, 3.63) is 0 Å². The van der Waals surface area contributed by atoms with E-state index in [2.05, 4.69) is 37.9 Å². The second kappa shape index (κ2) is 9.40. The molecule has 0 aliphatic carbocycles. The van der Waals surface area contributed by atoms with Gasteiger partial charge < -0.3 is 0 Å². The standard InChI is InChI=1S/C10H24Cl2SSi2/c1-14(2)9(5-7-11)13-10(6-8-12)15(3)4/h9-10,14-15H,5-8H2,1-4H3. The van der Waals surface area contributed by atoms with E-state index in [1.54, 1.807) is 0 Å². The minimum atomic E-state index is -0.568. The molecule has 0 aromatic carbocycles. The molecule has 2 atom stereocenters. The van der Waals surface area contributed by atoms with Gasteiger partial charge in [0.2, 0.25) is 0 Å². The van der Waals surface area contributed by atoms with E-state index in [1.807, 2.05) is 0 Å². The summed E-state index contributed by atoms with van der Waals surface area (Å²) in [5.41, 5.74) is 0. The zero-order valence-electron chi connectivity index (χ0n) is 10.3. The average Bonchev–Trinajstić information content (AvgIpc) is 2.15. The Morgan fingerprint density at radius 3 is 1.40 bits per heavy atom. The molecular formula is C10H24Cl2SSi2. The lowest BCUT2D eigenvalue weighted by atomic mass is 10.5. The van der Waals surface area contributed by atoms with E-state index in [0.717, 1.165) is 21.5 Å². The van der Waals surface area contributed by atoms with Gasteiger partial charge in [0, 0.05) is 29.4 Å². The summed E-state index contributed by atoms with van der Waals surface area (Å²) in [5.74, 6) is 1.63. The summed E-state index contributed by atoms with van der Waals surface area (Å²) < 4.78 is 0. The fourth-order valence-corrected chi connectivity index (χ4v) is 9.60. The molecule has 0 aliphatic rings. The molecule has 0 rings (SSSR count). The lowest BCUT2D eigenvalue weighted by molar-refractivity contribution is 0.995. The first-order valence-electron chi connectivity index (χ1n) is 5.80. The number of hydrogen-bond donors (Lipinski definition) is 0. The Hall–Kier alpha value is 1.36. The van der Waals surface area contributed by atoms with Crippen LogP contribution in [0.4, 0.5) is 0 Å². The summed E-state index contributed by atoms with van der Waals surface area (Å²) in [6.45, 7) is 9.74. The highest BCUT2D eigenvalue weighted by molar-refractivity contribution is 8.03. The minimum absolute atomic E-state index is 0.568. The second-order valence-corrected chi connectivity index (χ2v) is 14.4. The van der Waals surface area contributed by atoms with Gasteiger partial charge in [0.05, 0.1) is 0 Å². The molecule has 92 valence electrons. The van der Waals surface area contributed by atoms with Crippen LogP contribution >= 0.6 is 35.0 Å².